The van der Waals surface area contributed by atoms with Crippen molar-refractivity contribution in [3.8, 4) is 0 Å². The molecular weight excluding hydrogens is 510 g/mol. The number of aryl methyl sites for hydroxylation is 1. The van der Waals surface area contributed by atoms with Crippen LogP contribution in [-0.4, -0.2) is 59.3 Å². The second-order valence-electron chi connectivity index (χ2n) is 9.80. The minimum absolute atomic E-state index is 0.114. The Kier molecular flexibility index (Phi) is 8.21. The molecule has 1 aromatic heterocycles. The Morgan fingerprint density at radius 3 is 2.26 bits per heavy atom. The number of imidazole rings is 1. The van der Waals surface area contributed by atoms with E-state index in [0.29, 0.717) is 49.7 Å². The lowest BCUT2D eigenvalue weighted by atomic mass is 10.1. The molecule has 1 N–H and O–H groups in total. The Balaban J connectivity index is 1.10. The largest absolute Gasteiger partial charge is 0.348 e. The molecule has 0 spiro atoms. The standard InChI is InChI=1S/C30H33N5O3S/c1-24-31-14-15-34(24)23-27-7-5-6-26(20-27)21-32-30(36)28-12-10-25(11-13-28)22-33-16-18-35(19-17-33)39(37,38)29-8-3-2-4-9-29/h2-15,20H,16-19,21-23H2,1H3,(H,32,36). The Labute approximate surface area is 230 Å². The maximum absolute atomic E-state index is 12.9. The zero-order valence-electron chi connectivity index (χ0n) is 22.0. The van der Waals surface area contributed by atoms with Crippen LogP contribution >= 0.6 is 0 Å². The van der Waals surface area contributed by atoms with Gasteiger partial charge in [0.25, 0.3) is 5.91 Å². The van der Waals surface area contributed by atoms with Crippen LogP contribution < -0.4 is 5.32 Å². The molecule has 4 aromatic rings. The minimum atomic E-state index is -3.46. The van der Waals surface area contributed by atoms with Crippen molar-refractivity contribution in [2.24, 2.45) is 0 Å². The van der Waals surface area contributed by atoms with Crippen LogP contribution in [0.3, 0.4) is 0 Å². The number of sulfonamides is 1. The van der Waals surface area contributed by atoms with Crippen molar-refractivity contribution in [1.29, 1.82) is 0 Å². The maximum Gasteiger partial charge on any atom is 0.251 e. The second-order valence-corrected chi connectivity index (χ2v) is 11.7. The molecule has 5 rings (SSSR count). The van der Waals surface area contributed by atoms with Gasteiger partial charge in [-0.15, -0.1) is 0 Å². The number of benzene rings is 3. The van der Waals surface area contributed by atoms with Crippen LogP contribution in [0.4, 0.5) is 0 Å². The molecule has 2 heterocycles. The molecular formula is C30H33N5O3S. The lowest BCUT2D eigenvalue weighted by molar-refractivity contribution is 0.0951. The highest BCUT2D eigenvalue weighted by Gasteiger charge is 2.28. The molecule has 0 saturated carbocycles. The number of nitrogens with zero attached hydrogens (tertiary/aromatic N) is 4. The van der Waals surface area contributed by atoms with Crippen molar-refractivity contribution in [1.82, 2.24) is 24.1 Å². The first kappa shape index (κ1) is 26.8. The Morgan fingerprint density at radius 2 is 1.56 bits per heavy atom. The molecule has 1 saturated heterocycles. The first-order chi connectivity index (χ1) is 18.9. The summed E-state index contributed by atoms with van der Waals surface area (Å²) in [6.45, 7) is 6.13. The molecule has 3 aromatic carbocycles. The third kappa shape index (κ3) is 6.62. The molecule has 39 heavy (non-hydrogen) atoms. The molecule has 9 heteroatoms. The Bertz CT molecular complexity index is 1510. The molecule has 0 atom stereocenters. The summed E-state index contributed by atoms with van der Waals surface area (Å²) in [5.74, 6) is 0.854. The molecule has 0 unspecified atom stereocenters. The second kappa shape index (κ2) is 11.9. The van der Waals surface area contributed by atoms with Crippen molar-refractivity contribution in [2.45, 2.75) is 31.5 Å². The first-order valence-corrected chi connectivity index (χ1v) is 14.5. The van der Waals surface area contributed by atoms with Crippen LogP contribution in [0.15, 0.2) is 96.2 Å². The maximum atomic E-state index is 12.9. The summed E-state index contributed by atoms with van der Waals surface area (Å²) in [5.41, 5.74) is 3.91. The summed E-state index contributed by atoms with van der Waals surface area (Å²) < 4.78 is 29.4. The van der Waals surface area contributed by atoms with E-state index in [9.17, 15) is 13.2 Å². The average molecular weight is 544 g/mol. The number of hydrogen-bond donors (Lipinski definition) is 1. The number of carbonyl (C=O) groups excluding carboxylic acids is 1. The fourth-order valence-electron chi connectivity index (χ4n) is 4.78. The number of nitrogens with one attached hydrogen (secondary N) is 1. The molecule has 8 nitrogen and oxygen atoms in total. The van der Waals surface area contributed by atoms with Crippen LogP contribution in [-0.2, 0) is 29.7 Å². The van der Waals surface area contributed by atoms with Crippen LogP contribution in [0.2, 0.25) is 0 Å². The number of piperazine rings is 1. The molecule has 0 bridgehead atoms. The molecule has 1 aliphatic heterocycles. The molecule has 202 valence electrons. The van der Waals surface area contributed by atoms with Gasteiger partial charge in [0.2, 0.25) is 10.0 Å². The number of hydrogen-bond acceptors (Lipinski definition) is 5. The van der Waals surface area contributed by atoms with Gasteiger partial charge >= 0.3 is 0 Å². The number of aromatic nitrogens is 2. The molecule has 1 amide bonds. The first-order valence-electron chi connectivity index (χ1n) is 13.1. The van der Waals surface area contributed by atoms with Gasteiger partial charge in [-0.25, -0.2) is 13.4 Å². The van der Waals surface area contributed by atoms with Crippen LogP contribution in [0, 0.1) is 6.92 Å². The van der Waals surface area contributed by atoms with Crippen molar-refractivity contribution < 1.29 is 13.2 Å². The van der Waals surface area contributed by atoms with Crippen molar-refractivity contribution in [3.05, 3.63) is 119 Å². The van der Waals surface area contributed by atoms with Gasteiger partial charge in [0.1, 0.15) is 5.82 Å². The summed E-state index contributed by atoms with van der Waals surface area (Å²) >= 11 is 0. The Morgan fingerprint density at radius 1 is 0.846 bits per heavy atom. The quantitative estimate of drug-likeness (QED) is 0.348. The summed E-state index contributed by atoms with van der Waals surface area (Å²) in [6.07, 6.45) is 3.76. The van der Waals surface area contributed by atoms with E-state index in [1.807, 2.05) is 55.6 Å². The van der Waals surface area contributed by atoms with Gasteiger partial charge < -0.3 is 9.88 Å². The summed E-state index contributed by atoms with van der Waals surface area (Å²) in [7, 11) is -3.46. The highest BCUT2D eigenvalue weighted by molar-refractivity contribution is 7.89. The molecule has 0 radical (unpaired) electrons. The number of amides is 1. The molecule has 1 fully saturated rings. The van der Waals surface area contributed by atoms with E-state index in [0.717, 1.165) is 29.1 Å². The normalized spacial score (nSPS) is 14.8. The van der Waals surface area contributed by atoms with Crippen LogP contribution in [0.25, 0.3) is 0 Å². The summed E-state index contributed by atoms with van der Waals surface area (Å²) in [6, 6.07) is 24.4. The van der Waals surface area contributed by atoms with Crippen LogP contribution in [0.1, 0.15) is 32.9 Å². The summed E-state index contributed by atoms with van der Waals surface area (Å²) in [4.78, 5) is 19.6. The molecule has 0 aliphatic carbocycles. The van der Waals surface area contributed by atoms with Gasteiger partial charge in [-0.3, -0.25) is 9.69 Å². The predicted molar refractivity (Wildman–Crippen MR) is 151 cm³/mol. The van der Waals surface area contributed by atoms with Gasteiger partial charge in [-0.1, -0.05) is 54.6 Å². The summed E-state index contributed by atoms with van der Waals surface area (Å²) in [5, 5.41) is 3.02. The molecule has 1 aliphatic rings. The zero-order chi connectivity index (χ0) is 27.2. The van der Waals surface area contributed by atoms with E-state index >= 15 is 0 Å². The van der Waals surface area contributed by atoms with E-state index < -0.39 is 10.0 Å². The van der Waals surface area contributed by atoms with Crippen molar-refractivity contribution in [2.75, 3.05) is 26.2 Å². The smallest absolute Gasteiger partial charge is 0.251 e. The van der Waals surface area contributed by atoms with E-state index in [1.54, 1.807) is 34.8 Å². The topological polar surface area (TPSA) is 87.5 Å². The number of rotatable bonds is 9. The third-order valence-corrected chi connectivity index (χ3v) is 8.97. The van der Waals surface area contributed by atoms with Crippen molar-refractivity contribution >= 4 is 15.9 Å². The van der Waals surface area contributed by atoms with E-state index in [4.69, 9.17) is 0 Å². The van der Waals surface area contributed by atoms with Crippen molar-refractivity contribution in [3.63, 3.8) is 0 Å². The van der Waals surface area contributed by atoms with E-state index in [-0.39, 0.29) is 5.91 Å². The average Bonchev–Trinajstić information content (AvgIpc) is 3.37. The fourth-order valence-corrected chi connectivity index (χ4v) is 6.22. The van der Waals surface area contributed by atoms with E-state index in [2.05, 4.69) is 31.9 Å². The third-order valence-electron chi connectivity index (χ3n) is 7.06. The predicted octanol–water partition coefficient (Wildman–Crippen LogP) is 3.68. The van der Waals surface area contributed by atoms with Crippen LogP contribution in [0.5, 0.6) is 0 Å². The van der Waals surface area contributed by atoms with Gasteiger partial charge in [-0.2, -0.15) is 4.31 Å². The van der Waals surface area contributed by atoms with Gasteiger partial charge in [0.15, 0.2) is 0 Å². The zero-order valence-corrected chi connectivity index (χ0v) is 22.8. The van der Waals surface area contributed by atoms with Gasteiger partial charge in [0.05, 0.1) is 4.90 Å². The lowest BCUT2D eigenvalue weighted by Gasteiger charge is -2.34. The number of carbonyl (C=O) groups is 1. The fraction of sp³-hybridized carbons (Fsp3) is 0.267. The SMILES string of the molecule is Cc1nccn1Cc1cccc(CNC(=O)c2ccc(CN3CCN(S(=O)(=O)c4ccccc4)CC3)cc2)c1. The Hall–Kier alpha value is -3.79. The minimum Gasteiger partial charge on any atom is -0.348 e. The highest BCUT2D eigenvalue weighted by Crippen LogP contribution is 2.18. The monoisotopic (exact) mass is 543 g/mol. The van der Waals surface area contributed by atoms with Gasteiger partial charge in [0, 0.05) is 63.8 Å². The lowest BCUT2D eigenvalue weighted by Crippen LogP contribution is -2.48. The highest BCUT2D eigenvalue weighted by atomic mass is 32.2. The van der Waals surface area contributed by atoms with Gasteiger partial charge in [-0.05, 0) is 47.9 Å². The van der Waals surface area contributed by atoms with E-state index in [1.165, 1.54) is 0 Å².